The summed E-state index contributed by atoms with van der Waals surface area (Å²) in [5.74, 6) is 0.198. The van der Waals surface area contributed by atoms with Crippen molar-refractivity contribution in [2.24, 2.45) is 11.7 Å². The molecule has 0 unspecified atom stereocenters. The van der Waals surface area contributed by atoms with Crippen LogP contribution in [0.25, 0.3) is 0 Å². The molecule has 18 heavy (non-hydrogen) atoms. The maximum Gasteiger partial charge on any atom is 0.410 e. The Hall–Kier alpha value is -1.70. The summed E-state index contributed by atoms with van der Waals surface area (Å²) in [6, 6.07) is 1.94. The van der Waals surface area contributed by atoms with Crippen LogP contribution in [0, 0.1) is 17.2 Å². The van der Waals surface area contributed by atoms with Gasteiger partial charge in [0.2, 0.25) is 0 Å². The highest BCUT2D eigenvalue weighted by atomic mass is 16.6. The maximum atomic E-state index is 11.8. The molecule has 0 aromatic rings. The number of ether oxygens (including phenoxy) is 1. The van der Waals surface area contributed by atoms with E-state index >= 15 is 0 Å². The molecule has 0 radical (unpaired) electrons. The molecule has 100 valence electrons. The standard InChI is InChI=1S/C13H21N3O2/c1-13(2,3)18-12(17)16-8-5-10(6-9-16)11(15)4-7-14/h4,10H,5-6,8-9,15H2,1-3H3/b11-4-. The van der Waals surface area contributed by atoms with E-state index in [0.717, 1.165) is 12.8 Å². The van der Waals surface area contributed by atoms with E-state index in [-0.39, 0.29) is 12.0 Å². The second-order valence-corrected chi connectivity index (χ2v) is 5.52. The average molecular weight is 251 g/mol. The molecule has 1 aliphatic heterocycles. The molecule has 0 atom stereocenters. The zero-order valence-corrected chi connectivity index (χ0v) is 11.3. The third-order valence-electron chi connectivity index (χ3n) is 2.85. The molecule has 0 aromatic carbocycles. The van der Waals surface area contributed by atoms with Gasteiger partial charge in [0, 0.05) is 30.8 Å². The quantitative estimate of drug-likeness (QED) is 0.723. The van der Waals surface area contributed by atoms with Crippen molar-refractivity contribution < 1.29 is 9.53 Å². The summed E-state index contributed by atoms with van der Waals surface area (Å²) in [5.41, 5.74) is 5.93. The highest BCUT2D eigenvalue weighted by Crippen LogP contribution is 2.23. The van der Waals surface area contributed by atoms with Gasteiger partial charge >= 0.3 is 6.09 Å². The molecule has 0 aliphatic carbocycles. The van der Waals surface area contributed by atoms with Crippen LogP contribution in [-0.4, -0.2) is 29.7 Å². The molecule has 1 heterocycles. The Morgan fingerprint density at radius 2 is 2.00 bits per heavy atom. The highest BCUT2D eigenvalue weighted by molar-refractivity contribution is 5.68. The molecule has 2 N–H and O–H groups in total. The Balaban J connectivity index is 2.47. The summed E-state index contributed by atoms with van der Waals surface area (Å²) in [4.78, 5) is 13.5. The second kappa shape index (κ2) is 5.76. The lowest BCUT2D eigenvalue weighted by molar-refractivity contribution is 0.0194. The maximum absolute atomic E-state index is 11.8. The molecule has 1 fully saturated rings. The number of likely N-dealkylation sites (tertiary alicyclic amines) is 1. The van der Waals surface area contributed by atoms with Gasteiger partial charge in [-0.25, -0.2) is 4.79 Å². The Morgan fingerprint density at radius 3 is 2.44 bits per heavy atom. The summed E-state index contributed by atoms with van der Waals surface area (Å²) in [7, 11) is 0. The molecule has 1 aliphatic rings. The number of hydrogen-bond acceptors (Lipinski definition) is 4. The Bertz CT molecular complexity index is 369. The van der Waals surface area contributed by atoms with E-state index in [2.05, 4.69) is 0 Å². The van der Waals surface area contributed by atoms with E-state index in [9.17, 15) is 4.79 Å². The summed E-state index contributed by atoms with van der Waals surface area (Å²) < 4.78 is 5.31. The summed E-state index contributed by atoms with van der Waals surface area (Å²) >= 11 is 0. The second-order valence-electron chi connectivity index (χ2n) is 5.52. The van der Waals surface area contributed by atoms with E-state index in [0.29, 0.717) is 18.8 Å². The van der Waals surface area contributed by atoms with Crippen molar-refractivity contribution in [3.63, 3.8) is 0 Å². The van der Waals surface area contributed by atoms with Crippen LogP contribution in [0.5, 0.6) is 0 Å². The van der Waals surface area contributed by atoms with Crippen molar-refractivity contribution in [1.29, 1.82) is 5.26 Å². The van der Waals surface area contributed by atoms with Gasteiger partial charge in [0.25, 0.3) is 0 Å². The Morgan fingerprint density at radius 1 is 1.44 bits per heavy atom. The van der Waals surface area contributed by atoms with E-state index in [1.165, 1.54) is 6.08 Å². The summed E-state index contributed by atoms with van der Waals surface area (Å²) in [6.07, 6.45) is 2.67. The predicted molar refractivity (Wildman–Crippen MR) is 68.4 cm³/mol. The molecular weight excluding hydrogens is 230 g/mol. The lowest BCUT2D eigenvalue weighted by Crippen LogP contribution is -2.42. The third kappa shape index (κ3) is 4.28. The number of rotatable bonds is 1. The molecule has 1 rings (SSSR count). The Labute approximate surface area is 108 Å². The average Bonchev–Trinajstić information content (AvgIpc) is 2.27. The lowest BCUT2D eigenvalue weighted by atomic mass is 9.94. The number of hydrogen-bond donors (Lipinski definition) is 1. The van der Waals surface area contributed by atoms with Gasteiger partial charge in [-0.2, -0.15) is 5.26 Å². The fourth-order valence-corrected chi connectivity index (χ4v) is 1.91. The number of nitrogens with zero attached hydrogens (tertiary/aromatic N) is 2. The first-order valence-corrected chi connectivity index (χ1v) is 6.16. The zero-order valence-electron chi connectivity index (χ0n) is 11.3. The van der Waals surface area contributed by atoms with Gasteiger partial charge in [-0.05, 0) is 33.6 Å². The molecule has 0 saturated carbocycles. The van der Waals surface area contributed by atoms with Crippen molar-refractivity contribution in [3.05, 3.63) is 11.8 Å². The van der Waals surface area contributed by atoms with Crippen LogP contribution in [0.2, 0.25) is 0 Å². The number of nitrogens with two attached hydrogens (primary N) is 1. The molecule has 0 aromatic heterocycles. The molecule has 1 amide bonds. The normalized spacial score (nSPS) is 18.3. The topological polar surface area (TPSA) is 79.3 Å². The van der Waals surface area contributed by atoms with Crippen LogP contribution >= 0.6 is 0 Å². The first-order valence-electron chi connectivity index (χ1n) is 6.16. The van der Waals surface area contributed by atoms with Gasteiger partial charge in [-0.1, -0.05) is 0 Å². The largest absolute Gasteiger partial charge is 0.444 e. The molecule has 1 saturated heterocycles. The number of nitriles is 1. The van der Waals surface area contributed by atoms with E-state index in [1.807, 2.05) is 26.8 Å². The number of allylic oxidation sites excluding steroid dienone is 2. The predicted octanol–water partition coefficient (Wildman–Crippen LogP) is 2.00. The molecular formula is C13H21N3O2. The van der Waals surface area contributed by atoms with Crippen LogP contribution in [0.4, 0.5) is 4.79 Å². The van der Waals surface area contributed by atoms with Gasteiger partial charge in [0.15, 0.2) is 0 Å². The van der Waals surface area contributed by atoms with E-state index < -0.39 is 5.60 Å². The first kappa shape index (κ1) is 14.4. The van der Waals surface area contributed by atoms with Crippen LogP contribution in [0.1, 0.15) is 33.6 Å². The highest BCUT2D eigenvalue weighted by Gasteiger charge is 2.27. The molecule has 5 heteroatoms. The summed E-state index contributed by atoms with van der Waals surface area (Å²) in [6.45, 7) is 6.81. The number of piperidine rings is 1. The molecule has 0 bridgehead atoms. The van der Waals surface area contributed by atoms with Gasteiger partial charge in [-0.15, -0.1) is 0 Å². The fourth-order valence-electron chi connectivity index (χ4n) is 1.91. The first-order chi connectivity index (χ1) is 8.33. The minimum absolute atomic E-state index is 0.198. The Kier molecular flexibility index (Phi) is 4.60. The van der Waals surface area contributed by atoms with E-state index in [4.69, 9.17) is 15.7 Å². The van der Waals surface area contributed by atoms with Crippen molar-refractivity contribution in [2.75, 3.05) is 13.1 Å². The zero-order chi connectivity index (χ0) is 13.8. The monoisotopic (exact) mass is 251 g/mol. The minimum Gasteiger partial charge on any atom is -0.444 e. The fraction of sp³-hybridized carbons (Fsp3) is 0.692. The molecule has 5 nitrogen and oxygen atoms in total. The third-order valence-corrected chi connectivity index (χ3v) is 2.85. The van der Waals surface area contributed by atoms with Crippen LogP contribution in [0.3, 0.4) is 0 Å². The SMILES string of the molecule is CC(C)(C)OC(=O)N1CCC(/C(N)=C/C#N)CC1. The van der Waals surface area contributed by atoms with Gasteiger partial charge in [0.05, 0.1) is 6.07 Å². The van der Waals surface area contributed by atoms with Crippen LogP contribution in [0.15, 0.2) is 11.8 Å². The number of carbonyl (C=O) groups is 1. The van der Waals surface area contributed by atoms with Crippen molar-refractivity contribution in [1.82, 2.24) is 4.90 Å². The number of amides is 1. The van der Waals surface area contributed by atoms with Gasteiger partial charge < -0.3 is 15.4 Å². The van der Waals surface area contributed by atoms with E-state index in [1.54, 1.807) is 4.90 Å². The molecule has 0 spiro atoms. The van der Waals surface area contributed by atoms with Crippen LogP contribution < -0.4 is 5.73 Å². The van der Waals surface area contributed by atoms with Crippen molar-refractivity contribution >= 4 is 6.09 Å². The lowest BCUT2D eigenvalue weighted by Gasteiger charge is -2.33. The van der Waals surface area contributed by atoms with Crippen molar-refractivity contribution in [3.8, 4) is 6.07 Å². The van der Waals surface area contributed by atoms with Crippen LogP contribution in [-0.2, 0) is 4.74 Å². The van der Waals surface area contributed by atoms with Gasteiger partial charge in [0.1, 0.15) is 5.60 Å². The minimum atomic E-state index is -0.465. The summed E-state index contributed by atoms with van der Waals surface area (Å²) in [5, 5.41) is 8.54. The number of carbonyl (C=O) groups excluding carboxylic acids is 1. The van der Waals surface area contributed by atoms with Crippen molar-refractivity contribution in [2.45, 2.75) is 39.2 Å². The smallest absolute Gasteiger partial charge is 0.410 e. The van der Waals surface area contributed by atoms with Gasteiger partial charge in [-0.3, -0.25) is 0 Å².